The van der Waals surface area contributed by atoms with Crippen molar-refractivity contribution in [2.24, 2.45) is 5.73 Å². The van der Waals surface area contributed by atoms with Crippen LogP contribution in [0, 0.1) is 5.41 Å². The number of aromatic nitrogens is 2. The zero-order chi connectivity index (χ0) is 13.9. The lowest BCUT2D eigenvalue weighted by Crippen LogP contribution is -2.12. The summed E-state index contributed by atoms with van der Waals surface area (Å²) in [4.78, 5) is 9.51. The first kappa shape index (κ1) is 12.6. The van der Waals surface area contributed by atoms with Crippen molar-refractivity contribution in [2.45, 2.75) is 9.92 Å². The standard InChI is InChI=1S/C15H12N4S/c16-14(17)11-6-2-4-8-13(11)20-15-10-5-1-3-7-12(10)18-9-19-15/h1-9H,(H3,16,17). The van der Waals surface area contributed by atoms with Crippen LogP contribution < -0.4 is 5.73 Å². The van der Waals surface area contributed by atoms with Gasteiger partial charge in [-0.1, -0.05) is 48.2 Å². The smallest absolute Gasteiger partial charge is 0.123 e. The van der Waals surface area contributed by atoms with E-state index in [9.17, 15) is 0 Å². The van der Waals surface area contributed by atoms with E-state index in [1.165, 1.54) is 11.8 Å². The lowest BCUT2D eigenvalue weighted by atomic mass is 10.2. The third-order valence-electron chi connectivity index (χ3n) is 2.89. The highest BCUT2D eigenvalue weighted by atomic mass is 32.2. The highest BCUT2D eigenvalue weighted by Gasteiger charge is 2.09. The Bertz CT molecular complexity index is 780. The SMILES string of the molecule is N=C(N)c1ccccc1Sc1ncnc2ccccc12. The van der Waals surface area contributed by atoms with Gasteiger partial charge in [0.25, 0.3) is 0 Å². The molecule has 3 rings (SSSR count). The molecule has 0 saturated heterocycles. The number of benzene rings is 2. The van der Waals surface area contributed by atoms with Crippen molar-refractivity contribution in [2.75, 3.05) is 0 Å². The number of hydrogen-bond donors (Lipinski definition) is 2. The molecule has 0 aliphatic rings. The fraction of sp³-hybridized carbons (Fsp3) is 0. The topological polar surface area (TPSA) is 75.7 Å². The summed E-state index contributed by atoms with van der Waals surface area (Å²) in [5, 5.41) is 9.50. The van der Waals surface area contributed by atoms with Gasteiger partial charge in [0.15, 0.2) is 0 Å². The van der Waals surface area contributed by atoms with E-state index in [1.54, 1.807) is 6.33 Å². The first-order chi connectivity index (χ1) is 9.75. The number of nitrogens with zero attached hydrogens (tertiary/aromatic N) is 2. The summed E-state index contributed by atoms with van der Waals surface area (Å²) in [7, 11) is 0. The fourth-order valence-electron chi connectivity index (χ4n) is 1.94. The van der Waals surface area contributed by atoms with Gasteiger partial charge in [-0.25, -0.2) is 9.97 Å². The van der Waals surface area contributed by atoms with E-state index >= 15 is 0 Å². The number of amidine groups is 1. The van der Waals surface area contributed by atoms with E-state index in [4.69, 9.17) is 11.1 Å². The Morgan fingerprint density at radius 3 is 2.60 bits per heavy atom. The van der Waals surface area contributed by atoms with Gasteiger partial charge in [-0.15, -0.1) is 0 Å². The molecule has 0 spiro atoms. The van der Waals surface area contributed by atoms with Crippen molar-refractivity contribution >= 4 is 28.5 Å². The molecule has 5 heteroatoms. The van der Waals surface area contributed by atoms with Crippen LogP contribution >= 0.6 is 11.8 Å². The van der Waals surface area contributed by atoms with Crippen molar-refractivity contribution in [3.63, 3.8) is 0 Å². The Labute approximate surface area is 120 Å². The Kier molecular flexibility index (Phi) is 3.35. The molecule has 0 saturated carbocycles. The maximum Gasteiger partial charge on any atom is 0.123 e. The van der Waals surface area contributed by atoms with Gasteiger partial charge in [0.1, 0.15) is 17.2 Å². The van der Waals surface area contributed by atoms with Crippen LogP contribution in [0.15, 0.2) is 64.8 Å². The van der Waals surface area contributed by atoms with Gasteiger partial charge in [-0.2, -0.15) is 0 Å². The molecule has 0 atom stereocenters. The van der Waals surface area contributed by atoms with Crippen molar-refractivity contribution < 1.29 is 0 Å². The first-order valence-corrected chi connectivity index (χ1v) is 6.88. The van der Waals surface area contributed by atoms with Crippen molar-refractivity contribution in [1.29, 1.82) is 5.41 Å². The minimum Gasteiger partial charge on any atom is -0.384 e. The van der Waals surface area contributed by atoms with Gasteiger partial charge in [0.05, 0.1) is 5.52 Å². The monoisotopic (exact) mass is 280 g/mol. The number of nitrogen functional groups attached to an aromatic ring is 1. The highest BCUT2D eigenvalue weighted by Crippen LogP contribution is 2.32. The highest BCUT2D eigenvalue weighted by molar-refractivity contribution is 7.99. The quantitative estimate of drug-likeness (QED) is 0.439. The van der Waals surface area contributed by atoms with Crippen molar-refractivity contribution in [3.8, 4) is 0 Å². The summed E-state index contributed by atoms with van der Waals surface area (Å²) in [6, 6.07) is 15.5. The van der Waals surface area contributed by atoms with Gasteiger partial charge in [0, 0.05) is 15.8 Å². The molecule has 0 unspecified atom stereocenters. The number of fused-ring (bicyclic) bond motifs is 1. The number of nitrogens with one attached hydrogen (secondary N) is 1. The van der Waals surface area contributed by atoms with E-state index in [1.807, 2.05) is 48.5 Å². The molecule has 0 aliphatic heterocycles. The molecule has 0 fully saturated rings. The third-order valence-corrected chi connectivity index (χ3v) is 3.98. The molecular formula is C15H12N4S. The van der Waals surface area contributed by atoms with Gasteiger partial charge in [-0.05, 0) is 12.1 Å². The van der Waals surface area contributed by atoms with E-state index in [-0.39, 0.29) is 5.84 Å². The molecule has 1 heterocycles. The second-order valence-electron chi connectivity index (χ2n) is 4.21. The molecule has 3 N–H and O–H groups in total. The van der Waals surface area contributed by atoms with Crippen molar-refractivity contribution in [1.82, 2.24) is 9.97 Å². The van der Waals surface area contributed by atoms with E-state index in [0.717, 1.165) is 26.4 Å². The second-order valence-corrected chi connectivity index (χ2v) is 5.24. The molecule has 4 nitrogen and oxygen atoms in total. The van der Waals surface area contributed by atoms with Crippen LogP contribution in [0.5, 0.6) is 0 Å². The molecule has 0 radical (unpaired) electrons. The van der Waals surface area contributed by atoms with Crippen LogP contribution in [0.25, 0.3) is 10.9 Å². The maximum absolute atomic E-state index is 7.64. The molecule has 0 amide bonds. The maximum atomic E-state index is 7.64. The third kappa shape index (κ3) is 2.35. The largest absolute Gasteiger partial charge is 0.384 e. The molecule has 0 aliphatic carbocycles. The Hall–Kier alpha value is -2.40. The average Bonchev–Trinajstić information content (AvgIpc) is 2.48. The fourth-order valence-corrected chi connectivity index (χ4v) is 2.97. The van der Waals surface area contributed by atoms with Gasteiger partial charge in [0.2, 0.25) is 0 Å². The number of para-hydroxylation sites is 1. The van der Waals surface area contributed by atoms with Crippen LogP contribution in [-0.2, 0) is 0 Å². The van der Waals surface area contributed by atoms with Crippen LogP contribution in [0.1, 0.15) is 5.56 Å². The molecular weight excluding hydrogens is 268 g/mol. The number of nitrogens with two attached hydrogens (primary N) is 1. The first-order valence-electron chi connectivity index (χ1n) is 6.07. The molecule has 20 heavy (non-hydrogen) atoms. The predicted molar refractivity (Wildman–Crippen MR) is 81.1 cm³/mol. The van der Waals surface area contributed by atoms with Crippen LogP contribution in [-0.4, -0.2) is 15.8 Å². The molecule has 3 aromatic rings. The molecule has 98 valence electrons. The van der Waals surface area contributed by atoms with Crippen LogP contribution in [0.4, 0.5) is 0 Å². The summed E-state index contributed by atoms with van der Waals surface area (Å²) in [5.74, 6) is 0.0615. The van der Waals surface area contributed by atoms with Gasteiger partial charge >= 0.3 is 0 Å². The van der Waals surface area contributed by atoms with E-state index < -0.39 is 0 Å². The number of rotatable bonds is 3. The minimum atomic E-state index is 0.0615. The summed E-state index contributed by atoms with van der Waals surface area (Å²) in [6.07, 6.45) is 1.56. The zero-order valence-electron chi connectivity index (χ0n) is 10.6. The second kappa shape index (κ2) is 5.30. The lowest BCUT2D eigenvalue weighted by Gasteiger charge is -2.08. The van der Waals surface area contributed by atoms with E-state index in [0.29, 0.717) is 0 Å². The average molecular weight is 280 g/mol. The normalized spacial score (nSPS) is 10.6. The molecule has 0 bridgehead atoms. The summed E-state index contributed by atoms with van der Waals surface area (Å²) in [5.41, 5.74) is 7.25. The van der Waals surface area contributed by atoms with Crippen LogP contribution in [0.3, 0.4) is 0 Å². The van der Waals surface area contributed by atoms with Crippen LogP contribution in [0.2, 0.25) is 0 Å². The van der Waals surface area contributed by atoms with Gasteiger partial charge < -0.3 is 5.73 Å². The Balaban J connectivity index is 2.08. The Morgan fingerprint density at radius 1 is 1.00 bits per heavy atom. The summed E-state index contributed by atoms with van der Waals surface area (Å²) >= 11 is 1.50. The Morgan fingerprint density at radius 2 is 1.75 bits per heavy atom. The minimum absolute atomic E-state index is 0.0615. The van der Waals surface area contributed by atoms with E-state index in [2.05, 4.69) is 9.97 Å². The molecule has 1 aromatic heterocycles. The number of hydrogen-bond acceptors (Lipinski definition) is 4. The zero-order valence-corrected chi connectivity index (χ0v) is 11.4. The van der Waals surface area contributed by atoms with Crippen molar-refractivity contribution in [3.05, 3.63) is 60.4 Å². The van der Waals surface area contributed by atoms with Gasteiger partial charge in [-0.3, -0.25) is 5.41 Å². The lowest BCUT2D eigenvalue weighted by molar-refractivity contribution is 1.10. The molecule has 2 aromatic carbocycles. The predicted octanol–water partition coefficient (Wildman–Crippen LogP) is 3.07. The summed E-state index contributed by atoms with van der Waals surface area (Å²) in [6.45, 7) is 0. The summed E-state index contributed by atoms with van der Waals surface area (Å²) < 4.78 is 0.